The molecule has 0 radical (unpaired) electrons. The number of anilines is 1. The summed E-state index contributed by atoms with van der Waals surface area (Å²) in [6, 6.07) is 14.7. The molecule has 1 aromatic heterocycles. The summed E-state index contributed by atoms with van der Waals surface area (Å²) in [5, 5.41) is 9.87. The van der Waals surface area contributed by atoms with Gasteiger partial charge in [0.2, 0.25) is 0 Å². The molecule has 4 rings (SSSR count). The van der Waals surface area contributed by atoms with E-state index >= 15 is 0 Å². The minimum absolute atomic E-state index is 0.482. The van der Waals surface area contributed by atoms with Gasteiger partial charge in [-0.2, -0.15) is 0 Å². The fourth-order valence-corrected chi connectivity index (χ4v) is 5.42. The van der Waals surface area contributed by atoms with Gasteiger partial charge in [0.05, 0.1) is 0 Å². The van der Waals surface area contributed by atoms with Crippen LogP contribution >= 0.6 is 23.6 Å². The first-order chi connectivity index (χ1) is 12.7. The molecule has 0 aliphatic carbocycles. The Morgan fingerprint density at radius 3 is 2.54 bits per heavy atom. The third-order valence-corrected chi connectivity index (χ3v) is 6.77. The number of nitrogens with zero attached hydrogens (tertiary/aromatic N) is 1. The van der Waals surface area contributed by atoms with Gasteiger partial charge in [-0.05, 0) is 68.4 Å². The number of fused-ring (bicyclic) bond motifs is 2. The van der Waals surface area contributed by atoms with Crippen molar-refractivity contribution in [2.24, 2.45) is 0 Å². The van der Waals surface area contributed by atoms with E-state index in [-0.39, 0.29) is 0 Å². The Bertz CT molecular complexity index is 712. The highest BCUT2D eigenvalue weighted by molar-refractivity contribution is 7.80. The maximum atomic E-state index is 5.57. The van der Waals surface area contributed by atoms with Crippen molar-refractivity contribution in [2.45, 2.75) is 63.7 Å². The summed E-state index contributed by atoms with van der Waals surface area (Å²) in [5.41, 5.74) is 2.32. The van der Waals surface area contributed by atoms with E-state index in [1.54, 1.807) is 0 Å². The van der Waals surface area contributed by atoms with Crippen LogP contribution in [0, 0.1) is 6.92 Å². The van der Waals surface area contributed by atoms with Crippen LogP contribution in [-0.2, 0) is 6.54 Å². The minimum Gasteiger partial charge on any atom is -0.360 e. The minimum atomic E-state index is 0.482. The van der Waals surface area contributed by atoms with E-state index in [4.69, 9.17) is 12.2 Å². The molecule has 2 saturated heterocycles. The molecule has 138 valence electrons. The molecule has 2 aromatic rings. The molecule has 3 heterocycles. The van der Waals surface area contributed by atoms with Gasteiger partial charge in [0, 0.05) is 35.2 Å². The molecule has 2 N–H and O–H groups in total. The van der Waals surface area contributed by atoms with Crippen LogP contribution in [0.5, 0.6) is 0 Å². The lowest BCUT2D eigenvalue weighted by atomic mass is 9.81. The lowest BCUT2D eigenvalue weighted by Gasteiger charge is -2.49. The van der Waals surface area contributed by atoms with Crippen molar-refractivity contribution in [3.63, 3.8) is 0 Å². The van der Waals surface area contributed by atoms with Crippen molar-refractivity contribution in [3.05, 3.63) is 52.2 Å². The summed E-state index contributed by atoms with van der Waals surface area (Å²) in [7, 11) is 0. The van der Waals surface area contributed by atoms with Crippen LogP contribution in [0.3, 0.4) is 0 Å². The summed E-state index contributed by atoms with van der Waals surface area (Å²) >= 11 is 7.45. The standard InChI is InChI=1S/C21H27N3S2/c1-15-7-9-16(10-8-15)22-21(25)23-17-12-18-4-2-5-19(13-17)24(18)14-20-6-3-11-26-20/h3,6-11,17-19H,2,4-5,12-14H2,1H3,(H2,22,23,25)/t18-,19-/m1/s1. The van der Waals surface area contributed by atoms with Crippen molar-refractivity contribution < 1.29 is 0 Å². The monoisotopic (exact) mass is 385 g/mol. The number of benzene rings is 1. The number of nitrogens with one attached hydrogen (secondary N) is 2. The Hall–Kier alpha value is -1.43. The van der Waals surface area contributed by atoms with E-state index in [0.717, 1.165) is 17.3 Å². The molecule has 2 bridgehead atoms. The predicted octanol–water partition coefficient (Wildman–Crippen LogP) is 4.93. The average molecular weight is 386 g/mol. The highest BCUT2D eigenvalue weighted by atomic mass is 32.1. The zero-order valence-corrected chi connectivity index (χ0v) is 16.9. The van der Waals surface area contributed by atoms with Crippen molar-refractivity contribution in [1.82, 2.24) is 10.2 Å². The second kappa shape index (κ2) is 8.07. The molecule has 2 fully saturated rings. The maximum absolute atomic E-state index is 5.57. The van der Waals surface area contributed by atoms with Gasteiger partial charge in [0.15, 0.2) is 5.11 Å². The van der Waals surface area contributed by atoms with Crippen LogP contribution in [0.15, 0.2) is 41.8 Å². The molecule has 2 aliphatic heterocycles. The molecule has 3 nitrogen and oxygen atoms in total. The zero-order chi connectivity index (χ0) is 17.9. The summed E-state index contributed by atoms with van der Waals surface area (Å²) in [4.78, 5) is 4.24. The van der Waals surface area contributed by atoms with Crippen LogP contribution in [0.4, 0.5) is 5.69 Å². The summed E-state index contributed by atoms with van der Waals surface area (Å²) in [5.74, 6) is 0. The largest absolute Gasteiger partial charge is 0.360 e. The highest BCUT2D eigenvalue weighted by Crippen LogP contribution is 2.35. The fourth-order valence-electron chi connectivity index (χ4n) is 4.43. The van der Waals surface area contributed by atoms with Crippen LogP contribution in [0.2, 0.25) is 0 Å². The van der Waals surface area contributed by atoms with E-state index in [1.165, 1.54) is 42.5 Å². The molecule has 26 heavy (non-hydrogen) atoms. The number of hydrogen-bond acceptors (Lipinski definition) is 3. The van der Waals surface area contributed by atoms with E-state index in [2.05, 4.69) is 64.2 Å². The Morgan fingerprint density at radius 1 is 1.15 bits per heavy atom. The van der Waals surface area contributed by atoms with Gasteiger partial charge in [-0.1, -0.05) is 30.2 Å². The smallest absolute Gasteiger partial charge is 0.170 e. The van der Waals surface area contributed by atoms with Crippen LogP contribution < -0.4 is 10.6 Å². The normalized spacial score (nSPS) is 25.7. The van der Waals surface area contributed by atoms with E-state index < -0.39 is 0 Å². The number of hydrogen-bond donors (Lipinski definition) is 2. The first-order valence-corrected chi connectivity index (χ1v) is 10.9. The lowest BCUT2D eigenvalue weighted by Crippen LogP contribution is -2.56. The zero-order valence-electron chi connectivity index (χ0n) is 15.3. The SMILES string of the molecule is Cc1ccc(NC(=S)NC2C[C@H]3CCC[C@H](C2)N3Cc2cccs2)cc1. The molecular weight excluding hydrogens is 358 g/mol. The first-order valence-electron chi connectivity index (χ1n) is 9.60. The molecule has 2 aliphatic rings. The third-order valence-electron chi connectivity index (χ3n) is 5.69. The third kappa shape index (κ3) is 4.27. The predicted molar refractivity (Wildman–Crippen MR) is 115 cm³/mol. The summed E-state index contributed by atoms with van der Waals surface area (Å²) in [6.07, 6.45) is 6.39. The Kier molecular flexibility index (Phi) is 5.57. The van der Waals surface area contributed by atoms with Gasteiger partial charge in [-0.25, -0.2) is 0 Å². The molecule has 0 amide bonds. The second-order valence-electron chi connectivity index (χ2n) is 7.62. The molecular formula is C21H27N3S2. The number of piperidine rings is 2. The van der Waals surface area contributed by atoms with Crippen molar-refractivity contribution in [1.29, 1.82) is 0 Å². The maximum Gasteiger partial charge on any atom is 0.170 e. The molecule has 0 saturated carbocycles. The van der Waals surface area contributed by atoms with Gasteiger partial charge in [-0.3, -0.25) is 4.90 Å². The quantitative estimate of drug-likeness (QED) is 0.730. The van der Waals surface area contributed by atoms with Crippen molar-refractivity contribution in [3.8, 4) is 0 Å². The van der Waals surface area contributed by atoms with Gasteiger partial charge in [-0.15, -0.1) is 11.3 Å². The molecule has 2 atom stereocenters. The van der Waals surface area contributed by atoms with Gasteiger partial charge in [0.25, 0.3) is 0 Å². The van der Waals surface area contributed by atoms with Crippen molar-refractivity contribution >= 4 is 34.4 Å². The molecule has 0 unspecified atom stereocenters. The van der Waals surface area contributed by atoms with Gasteiger partial charge < -0.3 is 10.6 Å². The van der Waals surface area contributed by atoms with Crippen molar-refractivity contribution in [2.75, 3.05) is 5.32 Å². The Balaban J connectivity index is 1.34. The molecule has 5 heteroatoms. The lowest BCUT2D eigenvalue weighted by molar-refractivity contribution is 0.0220. The summed E-state index contributed by atoms with van der Waals surface area (Å²) in [6.45, 7) is 3.22. The number of thiophene rings is 1. The van der Waals surface area contributed by atoms with Crippen LogP contribution in [0.1, 0.15) is 42.5 Å². The Morgan fingerprint density at radius 2 is 1.88 bits per heavy atom. The molecule has 0 spiro atoms. The van der Waals surface area contributed by atoms with Gasteiger partial charge in [0.1, 0.15) is 0 Å². The summed E-state index contributed by atoms with van der Waals surface area (Å²) < 4.78 is 0. The second-order valence-corrected chi connectivity index (χ2v) is 9.06. The van der Waals surface area contributed by atoms with E-state index in [0.29, 0.717) is 18.1 Å². The number of rotatable bonds is 4. The Labute approximate surface area is 165 Å². The first kappa shape index (κ1) is 18.0. The van der Waals surface area contributed by atoms with Gasteiger partial charge >= 0.3 is 0 Å². The topological polar surface area (TPSA) is 27.3 Å². The fraction of sp³-hybridized carbons (Fsp3) is 0.476. The number of thiocarbonyl (C=S) groups is 1. The van der Waals surface area contributed by atoms with E-state index in [1.807, 2.05) is 11.3 Å². The molecule has 1 aromatic carbocycles. The average Bonchev–Trinajstić information content (AvgIpc) is 3.11. The number of aryl methyl sites for hydroxylation is 1. The van der Waals surface area contributed by atoms with E-state index in [9.17, 15) is 0 Å². The highest BCUT2D eigenvalue weighted by Gasteiger charge is 2.38. The van der Waals surface area contributed by atoms with Crippen LogP contribution in [0.25, 0.3) is 0 Å². The van der Waals surface area contributed by atoms with Crippen LogP contribution in [-0.4, -0.2) is 28.1 Å².